The maximum Gasteiger partial charge on any atom is 0.249 e. The molecule has 0 bridgehead atoms. The van der Waals surface area contributed by atoms with Crippen molar-refractivity contribution in [2.75, 3.05) is 66.1 Å². The molecule has 3 aliphatic rings. The van der Waals surface area contributed by atoms with Gasteiger partial charge in [-0.15, -0.1) is 0 Å². The summed E-state index contributed by atoms with van der Waals surface area (Å²) < 4.78 is 19.0. The molecule has 0 aromatic heterocycles. The number of nitrogens with one attached hydrogen (secondary N) is 1. The molecule has 0 spiro atoms. The number of carbonyl (C=O) groups excluding carboxylic acids is 2. The monoisotopic (exact) mass is 404 g/mol. The third-order valence-electron chi connectivity index (χ3n) is 6.35. The van der Waals surface area contributed by atoms with Gasteiger partial charge in [0.05, 0.1) is 12.6 Å². The van der Waals surface area contributed by atoms with Gasteiger partial charge in [-0.1, -0.05) is 12.1 Å². The Morgan fingerprint density at radius 3 is 2.69 bits per heavy atom. The smallest absolute Gasteiger partial charge is 0.249 e. The van der Waals surface area contributed by atoms with E-state index in [-0.39, 0.29) is 42.1 Å². The first-order chi connectivity index (χ1) is 14.1. The highest BCUT2D eigenvalue weighted by atomic mass is 19.1. The van der Waals surface area contributed by atoms with Gasteiger partial charge in [0, 0.05) is 58.8 Å². The highest BCUT2D eigenvalue weighted by molar-refractivity contribution is 5.79. The molecule has 3 aliphatic heterocycles. The van der Waals surface area contributed by atoms with Crippen LogP contribution < -0.4 is 5.32 Å². The van der Waals surface area contributed by atoms with Crippen LogP contribution in [0.2, 0.25) is 0 Å². The van der Waals surface area contributed by atoms with Crippen molar-refractivity contribution in [3.8, 4) is 0 Å². The predicted octanol–water partition coefficient (Wildman–Crippen LogP) is 0.335. The zero-order valence-electron chi connectivity index (χ0n) is 16.8. The Hall–Kier alpha value is -2.03. The van der Waals surface area contributed by atoms with E-state index >= 15 is 0 Å². The highest BCUT2D eigenvalue weighted by Gasteiger charge is 2.49. The van der Waals surface area contributed by atoms with Crippen LogP contribution in [0.15, 0.2) is 24.3 Å². The number of benzene rings is 1. The first-order valence-electron chi connectivity index (χ1n) is 10.3. The van der Waals surface area contributed by atoms with Crippen molar-refractivity contribution in [2.45, 2.75) is 6.04 Å². The van der Waals surface area contributed by atoms with Crippen molar-refractivity contribution < 1.29 is 18.7 Å². The summed E-state index contributed by atoms with van der Waals surface area (Å²) in [6.07, 6.45) is 0. The molecule has 8 heteroatoms. The summed E-state index contributed by atoms with van der Waals surface area (Å²) in [5.41, 5.74) is 0.817. The van der Waals surface area contributed by atoms with E-state index in [0.29, 0.717) is 13.1 Å². The molecule has 0 aliphatic carbocycles. The van der Waals surface area contributed by atoms with E-state index in [0.717, 1.165) is 44.8 Å². The van der Waals surface area contributed by atoms with Gasteiger partial charge >= 0.3 is 0 Å². The van der Waals surface area contributed by atoms with Crippen LogP contribution in [-0.2, 0) is 14.3 Å². The summed E-state index contributed by atoms with van der Waals surface area (Å²) in [6.45, 7) is 5.77. The van der Waals surface area contributed by atoms with E-state index in [1.165, 1.54) is 19.2 Å². The van der Waals surface area contributed by atoms with Gasteiger partial charge < -0.3 is 19.9 Å². The van der Waals surface area contributed by atoms with E-state index in [1.807, 2.05) is 15.9 Å². The molecule has 0 radical (unpaired) electrons. The molecule has 3 saturated heterocycles. The molecule has 4 rings (SSSR count). The van der Waals surface area contributed by atoms with Crippen LogP contribution in [0.1, 0.15) is 11.6 Å². The number of methoxy groups -OCH3 is 1. The lowest BCUT2D eigenvalue weighted by molar-refractivity contribution is -0.137. The Labute approximate surface area is 170 Å². The molecule has 3 fully saturated rings. The molecule has 1 aromatic carbocycles. The molecule has 3 heterocycles. The number of ether oxygens (including phenoxy) is 1. The van der Waals surface area contributed by atoms with E-state index < -0.39 is 0 Å². The van der Waals surface area contributed by atoms with Gasteiger partial charge in [0.15, 0.2) is 0 Å². The Bertz CT molecular complexity index is 755. The number of halogens is 1. The number of piperazine rings is 1. The van der Waals surface area contributed by atoms with Crippen molar-refractivity contribution in [1.82, 2.24) is 20.0 Å². The number of amides is 2. The second-order valence-corrected chi connectivity index (χ2v) is 8.23. The normalized spacial score (nSPS) is 27.3. The molecule has 2 amide bonds. The van der Waals surface area contributed by atoms with E-state index in [1.54, 1.807) is 6.07 Å². The first-order valence-corrected chi connectivity index (χ1v) is 10.3. The van der Waals surface area contributed by atoms with E-state index in [2.05, 4.69) is 10.2 Å². The number of likely N-dealkylation sites (tertiary alicyclic amines) is 2. The predicted molar refractivity (Wildman–Crippen MR) is 106 cm³/mol. The number of nitrogens with zero attached hydrogens (tertiary/aromatic N) is 3. The molecule has 29 heavy (non-hydrogen) atoms. The summed E-state index contributed by atoms with van der Waals surface area (Å²) in [5.74, 6) is 0.267. The third-order valence-corrected chi connectivity index (χ3v) is 6.35. The minimum atomic E-state index is -0.297. The van der Waals surface area contributed by atoms with Crippen molar-refractivity contribution in [2.24, 2.45) is 11.8 Å². The molecule has 7 nitrogen and oxygen atoms in total. The van der Waals surface area contributed by atoms with Gasteiger partial charge in [0.1, 0.15) is 12.4 Å². The quantitative estimate of drug-likeness (QED) is 0.767. The van der Waals surface area contributed by atoms with Crippen LogP contribution in [-0.4, -0.2) is 92.6 Å². The topological polar surface area (TPSA) is 65.1 Å². The lowest BCUT2D eigenvalue weighted by Gasteiger charge is -2.31. The molecule has 1 aromatic rings. The van der Waals surface area contributed by atoms with Crippen LogP contribution in [0, 0.1) is 17.7 Å². The van der Waals surface area contributed by atoms with Gasteiger partial charge in [0.2, 0.25) is 11.8 Å². The maximum absolute atomic E-state index is 13.9. The van der Waals surface area contributed by atoms with Crippen LogP contribution in [0.5, 0.6) is 0 Å². The van der Waals surface area contributed by atoms with E-state index in [4.69, 9.17) is 4.74 Å². The third kappa shape index (κ3) is 4.29. The summed E-state index contributed by atoms with van der Waals surface area (Å²) in [4.78, 5) is 31.2. The second kappa shape index (κ2) is 8.77. The van der Waals surface area contributed by atoms with Crippen molar-refractivity contribution >= 4 is 11.8 Å². The van der Waals surface area contributed by atoms with Crippen LogP contribution in [0.25, 0.3) is 0 Å². The highest BCUT2D eigenvalue weighted by Crippen LogP contribution is 2.45. The molecular formula is C21H29FN4O3. The summed E-state index contributed by atoms with van der Waals surface area (Å²) in [5, 5.41) is 3.26. The molecule has 158 valence electrons. The number of rotatable bonds is 5. The average Bonchev–Trinajstić information content (AvgIpc) is 3.26. The second-order valence-electron chi connectivity index (χ2n) is 8.23. The Balaban J connectivity index is 1.48. The fourth-order valence-electron chi connectivity index (χ4n) is 5.05. The lowest BCUT2D eigenvalue weighted by Crippen LogP contribution is -2.49. The summed E-state index contributed by atoms with van der Waals surface area (Å²) >= 11 is 0. The van der Waals surface area contributed by atoms with Gasteiger partial charge in [-0.3, -0.25) is 14.5 Å². The molecule has 3 atom stereocenters. The number of hydrogen-bond acceptors (Lipinski definition) is 5. The molecule has 0 saturated carbocycles. The van der Waals surface area contributed by atoms with Gasteiger partial charge in [-0.2, -0.15) is 0 Å². The van der Waals surface area contributed by atoms with Gasteiger partial charge in [-0.05, 0) is 23.6 Å². The van der Waals surface area contributed by atoms with Crippen LogP contribution >= 0.6 is 0 Å². The summed E-state index contributed by atoms with van der Waals surface area (Å²) in [6, 6.07) is 6.34. The molecular weight excluding hydrogens is 375 g/mol. The number of hydrogen-bond donors (Lipinski definition) is 1. The fraction of sp³-hybridized carbons (Fsp3) is 0.619. The minimum Gasteiger partial charge on any atom is -0.375 e. The summed E-state index contributed by atoms with van der Waals surface area (Å²) in [7, 11) is 1.51. The lowest BCUT2D eigenvalue weighted by atomic mass is 9.89. The number of fused-ring (bicyclic) bond motifs is 1. The molecule has 0 unspecified atom stereocenters. The average molecular weight is 404 g/mol. The molecule has 1 N–H and O–H groups in total. The maximum atomic E-state index is 13.9. The zero-order valence-corrected chi connectivity index (χ0v) is 16.8. The Morgan fingerprint density at radius 1 is 1.17 bits per heavy atom. The fourth-order valence-corrected chi connectivity index (χ4v) is 5.05. The van der Waals surface area contributed by atoms with Gasteiger partial charge in [-0.25, -0.2) is 4.39 Å². The van der Waals surface area contributed by atoms with Gasteiger partial charge in [0.25, 0.3) is 0 Å². The van der Waals surface area contributed by atoms with Crippen molar-refractivity contribution in [1.29, 1.82) is 0 Å². The SMILES string of the molecule is COCC(=O)N1C[C@H]2CN(CC(=O)N3CCNCC3)C[C@H]2[C@@H]1c1cccc(F)c1. The van der Waals surface area contributed by atoms with Crippen LogP contribution in [0.3, 0.4) is 0 Å². The Kier molecular flexibility index (Phi) is 6.12. The van der Waals surface area contributed by atoms with Crippen molar-refractivity contribution in [3.05, 3.63) is 35.6 Å². The standard InChI is InChI=1S/C21H29FN4O3/c1-29-14-20(28)26-11-16-10-24(13-19(27)25-7-5-23-6-8-25)12-18(16)21(26)15-3-2-4-17(22)9-15/h2-4,9,16,18,21,23H,5-8,10-14H2,1H3/t16-,18-,21+/m1/s1. The van der Waals surface area contributed by atoms with E-state index in [9.17, 15) is 14.0 Å². The largest absolute Gasteiger partial charge is 0.375 e. The van der Waals surface area contributed by atoms with Crippen LogP contribution in [0.4, 0.5) is 4.39 Å². The first kappa shape index (κ1) is 20.3. The minimum absolute atomic E-state index is 0.0243. The van der Waals surface area contributed by atoms with Crippen molar-refractivity contribution in [3.63, 3.8) is 0 Å². The Morgan fingerprint density at radius 2 is 1.97 bits per heavy atom. The zero-order chi connectivity index (χ0) is 20.4. The number of carbonyl (C=O) groups is 2.